The maximum absolute atomic E-state index is 9.92. The maximum atomic E-state index is 9.92. The average Bonchev–Trinajstić information content (AvgIpc) is 2.60. The van der Waals surface area contributed by atoms with Crippen molar-refractivity contribution >= 4 is 0 Å². The molecule has 1 aliphatic heterocycles. The standard InChI is InChI=1S/C13H17N3O8/c1-3-4-22-12-14-11(21-2)15-13(16-12)24-10-9(20)8(19)7(18)6(5-17)23-10/h1,6-10,17-20H,4-5H2,2H3/t6-,7-,8+,9-,10+/m1/s1. The summed E-state index contributed by atoms with van der Waals surface area (Å²) in [5, 5.41) is 38.5. The molecule has 5 atom stereocenters. The van der Waals surface area contributed by atoms with Crippen LogP contribution < -0.4 is 14.2 Å². The van der Waals surface area contributed by atoms with E-state index >= 15 is 0 Å². The highest BCUT2D eigenvalue weighted by Gasteiger charge is 2.45. The number of aliphatic hydroxyl groups is 4. The van der Waals surface area contributed by atoms with Crippen LogP contribution in [0.25, 0.3) is 0 Å². The maximum Gasteiger partial charge on any atom is 0.328 e. The molecule has 2 rings (SSSR count). The number of terminal acetylenes is 1. The Morgan fingerprint density at radius 1 is 1.08 bits per heavy atom. The molecule has 0 saturated carbocycles. The van der Waals surface area contributed by atoms with E-state index in [1.807, 2.05) is 0 Å². The molecule has 132 valence electrons. The quantitative estimate of drug-likeness (QED) is 0.392. The number of nitrogens with zero attached hydrogens (tertiary/aromatic N) is 3. The molecule has 11 heteroatoms. The molecular weight excluding hydrogens is 326 g/mol. The molecule has 0 spiro atoms. The third-order valence-corrected chi connectivity index (χ3v) is 3.11. The molecule has 2 heterocycles. The molecule has 0 aromatic carbocycles. The zero-order valence-corrected chi connectivity index (χ0v) is 12.6. The Labute approximate surface area is 136 Å². The van der Waals surface area contributed by atoms with E-state index < -0.39 is 37.3 Å². The summed E-state index contributed by atoms with van der Waals surface area (Å²) in [5.41, 5.74) is 0. The van der Waals surface area contributed by atoms with Crippen LogP contribution in [0.1, 0.15) is 0 Å². The molecule has 0 amide bonds. The molecule has 24 heavy (non-hydrogen) atoms. The first-order valence-corrected chi connectivity index (χ1v) is 6.83. The SMILES string of the molecule is C#CCOc1nc(OC)nc(O[C@@H]2O[C@H](CO)[C@@H](O)[C@H](O)[C@H]2O)n1. The van der Waals surface area contributed by atoms with E-state index in [2.05, 4.69) is 20.9 Å². The lowest BCUT2D eigenvalue weighted by atomic mass is 9.99. The Balaban J connectivity index is 2.18. The van der Waals surface area contributed by atoms with Gasteiger partial charge < -0.3 is 39.4 Å². The van der Waals surface area contributed by atoms with Crippen LogP contribution in [0.3, 0.4) is 0 Å². The first-order valence-electron chi connectivity index (χ1n) is 6.83. The van der Waals surface area contributed by atoms with Crippen LogP contribution >= 0.6 is 0 Å². The zero-order valence-electron chi connectivity index (χ0n) is 12.6. The van der Waals surface area contributed by atoms with Crippen LogP contribution in [0.5, 0.6) is 18.0 Å². The molecule has 0 aliphatic carbocycles. The van der Waals surface area contributed by atoms with E-state index in [0.29, 0.717) is 0 Å². The Bertz CT molecular complexity index is 593. The largest absolute Gasteiger partial charge is 0.467 e. The fourth-order valence-corrected chi connectivity index (χ4v) is 1.90. The van der Waals surface area contributed by atoms with Gasteiger partial charge in [-0.1, -0.05) is 5.92 Å². The zero-order chi connectivity index (χ0) is 17.7. The molecular formula is C13H17N3O8. The monoisotopic (exact) mass is 343 g/mol. The Hall–Kier alpha value is -2.23. The number of hydrogen-bond donors (Lipinski definition) is 4. The fourth-order valence-electron chi connectivity index (χ4n) is 1.90. The normalized spacial score (nSPS) is 29.6. The number of methoxy groups -OCH3 is 1. The minimum Gasteiger partial charge on any atom is -0.467 e. The first kappa shape index (κ1) is 18.1. The van der Waals surface area contributed by atoms with Gasteiger partial charge in [0.25, 0.3) is 0 Å². The number of aromatic nitrogens is 3. The lowest BCUT2D eigenvalue weighted by molar-refractivity contribution is -0.278. The Kier molecular flexibility index (Phi) is 6.07. The lowest BCUT2D eigenvalue weighted by Gasteiger charge is -2.39. The minimum atomic E-state index is -1.61. The molecule has 1 aromatic heterocycles. The summed E-state index contributed by atoms with van der Waals surface area (Å²) in [6, 6.07) is -0.658. The fraction of sp³-hybridized carbons (Fsp3) is 0.615. The second kappa shape index (κ2) is 8.04. The van der Waals surface area contributed by atoms with Gasteiger partial charge in [-0.3, -0.25) is 0 Å². The van der Waals surface area contributed by atoms with Crippen molar-refractivity contribution in [3.63, 3.8) is 0 Å². The number of aliphatic hydroxyl groups excluding tert-OH is 4. The van der Waals surface area contributed by atoms with Gasteiger partial charge in [-0.15, -0.1) is 21.4 Å². The number of ether oxygens (including phenoxy) is 4. The van der Waals surface area contributed by atoms with Crippen molar-refractivity contribution in [2.45, 2.75) is 30.7 Å². The van der Waals surface area contributed by atoms with E-state index in [-0.39, 0.29) is 24.6 Å². The van der Waals surface area contributed by atoms with Crippen molar-refractivity contribution in [1.29, 1.82) is 0 Å². The van der Waals surface area contributed by atoms with E-state index in [4.69, 9.17) is 30.5 Å². The predicted molar refractivity (Wildman–Crippen MR) is 75.1 cm³/mol. The second-order valence-electron chi connectivity index (χ2n) is 4.70. The second-order valence-corrected chi connectivity index (χ2v) is 4.70. The minimum absolute atomic E-state index is 0.105. The third-order valence-electron chi connectivity index (χ3n) is 3.11. The first-order chi connectivity index (χ1) is 11.5. The summed E-state index contributed by atoms with van der Waals surface area (Å²) in [4.78, 5) is 11.4. The van der Waals surface area contributed by atoms with E-state index in [1.54, 1.807) is 0 Å². The van der Waals surface area contributed by atoms with E-state index in [1.165, 1.54) is 7.11 Å². The highest BCUT2D eigenvalue weighted by molar-refractivity contribution is 5.10. The molecule has 1 aliphatic rings. The van der Waals surface area contributed by atoms with Crippen LogP contribution in [-0.2, 0) is 4.74 Å². The van der Waals surface area contributed by atoms with Crippen LogP contribution in [0.4, 0.5) is 0 Å². The molecule has 1 fully saturated rings. The average molecular weight is 343 g/mol. The Morgan fingerprint density at radius 2 is 1.75 bits per heavy atom. The van der Waals surface area contributed by atoms with Crippen LogP contribution in [0.15, 0.2) is 0 Å². The van der Waals surface area contributed by atoms with Crippen molar-refractivity contribution < 1.29 is 39.4 Å². The highest BCUT2D eigenvalue weighted by Crippen LogP contribution is 2.24. The summed E-state index contributed by atoms with van der Waals surface area (Å²) in [6.45, 7) is -0.700. The van der Waals surface area contributed by atoms with Gasteiger partial charge in [0.2, 0.25) is 6.29 Å². The van der Waals surface area contributed by atoms with Crippen LogP contribution in [0.2, 0.25) is 0 Å². The Morgan fingerprint density at radius 3 is 2.38 bits per heavy atom. The van der Waals surface area contributed by atoms with Gasteiger partial charge in [-0.2, -0.15) is 0 Å². The summed E-state index contributed by atoms with van der Waals surface area (Å²) in [5.74, 6) is 2.23. The van der Waals surface area contributed by atoms with Crippen molar-refractivity contribution in [3.8, 4) is 30.4 Å². The van der Waals surface area contributed by atoms with Gasteiger partial charge in [0, 0.05) is 0 Å². The predicted octanol–water partition coefficient (Wildman–Crippen LogP) is -2.93. The molecule has 11 nitrogen and oxygen atoms in total. The van der Waals surface area contributed by atoms with Crippen molar-refractivity contribution in [2.75, 3.05) is 20.3 Å². The van der Waals surface area contributed by atoms with Gasteiger partial charge in [-0.05, 0) is 0 Å². The third kappa shape index (κ3) is 3.99. The molecule has 1 aromatic rings. The van der Waals surface area contributed by atoms with E-state index in [0.717, 1.165) is 0 Å². The van der Waals surface area contributed by atoms with Crippen LogP contribution in [-0.4, -0.2) is 86.4 Å². The summed E-state index contributed by atoms with van der Waals surface area (Å²) in [7, 11) is 1.30. The molecule has 0 radical (unpaired) electrons. The molecule has 1 saturated heterocycles. The van der Waals surface area contributed by atoms with Gasteiger partial charge in [0.15, 0.2) is 6.61 Å². The van der Waals surface area contributed by atoms with Crippen molar-refractivity contribution in [2.24, 2.45) is 0 Å². The highest BCUT2D eigenvalue weighted by atomic mass is 16.7. The topological polar surface area (TPSA) is 157 Å². The molecule has 4 N–H and O–H groups in total. The van der Waals surface area contributed by atoms with Crippen molar-refractivity contribution in [3.05, 3.63) is 0 Å². The smallest absolute Gasteiger partial charge is 0.328 e. The van der Waals surface area contributed by atoms with Gasteiger partial charge >= 0.3 is 18.0 Å². The number of rotatable bonds is 6. The van der Waals surface area contributed by atoms with Gasteiger partial charge in [0.05, 0.1) is 13.7 Å². The summed E-state index contributed by atoms with van der Waals surface area (Å²) >= 11 is 0. The van der Waals surface area contributed by atoms with E-state index in [9.17, 15) is 15.3 Å². The molecule has 0 unspecified atom stereocenters. The summed E-state index contributed by atoms with van der Waals surface area (Å²) < 4.78 is 20.3. The number of hydrogen-bond acceptors (Lipinski definition) is 11. The van der Waals surface area contributed by atoms with Crippen molar-refractivity contribution in [1.82, 2.24) is 15.0 Å². The van der Waals surface area contributed by atoms with Gasteiger partial charge in [-0.25, -0.2) is 0 Å². The summed E-state index contributed by atoms with van der Waals surface area (Å²) in [6.07, 6.45) is -2.22. The van der Waals surface area contributed by atoms with Crippen LogP contribution in [0, 0.1) is 12.3 Å². The molecule has 0 bridgehead atoms. The van der Waals surface area contributed by atoms with Gasteiger partial charge in [0.1, 0.15) is 24.4 Å². The lowest BCUT2D eigenvalue weighted by Crippen LogP contribution is -2.60.